The van der Waals surface area contributed by atoms with Crippen LogP contribution in [0.1, 0.15) is 22.5 Å². The maximum Gasteiger partial charge on any atom is 0.173 e. The van der Waals surface area contributed by atoms with Gasteiger partial charge >= 0.3 is 0 Å². The number of hydrogen-bond donors (Lipinski definition) is 0. The van der Waals surface area contributed by atoms with E-state index in [1.807, 2.05) is 0 Å². The van der Waals surface area contributed by atoms with Gasteiger partial charge < -0.3 is 4.74 Å². The fourth-order valence-electron chi connectivity index (χ4n) is 1.59. The predicted molar refractivity (Wildman–Crippen MR) is 64.9 cm³/mol. The average Bonchev–Trinajstić information content (AvgIpc) is 2.78. The molecule has 1 unspecified atom stereocenters. The molecule has 0 amide bonds. The quantitative estimate of drug-likeness (QED) is 0.794. The number of Topliss-reactive ketones (excluding diaryl/α,β-unsaturated/α-hetero) is 1. The molecule has 2 heterocycles. The molecule has 82 valence electrons. The van der Waals surface area contributed by atoms with Gasteiger partial charge in [-0.3, -0.25) is 4.79 Å². The summed E-state index contributed by atoms with van der Waals surface area (Å²) in [5.74, 6) is 0.556. The van der Waals surface area contributed by atoms with Crippen LogP contribution in [0, 0.1) is 5.92 Å². The molecule has 15 heavy (non-hydrogen) atoms. The minimum atomic E-state index is 0.170. The number of carbonyl (C=O) groups is 1. The Morgan fingerprint density at radius 3 is 3.07 bits per heavy atom. The third-order valence-electron chi connectivity index (χ3n) is 2.42. The van der Waals surface area contributed by atoms with Crippen LogP contribution in [-0.4, -0.2) is 19.0 Å². The molecule has 1 saturated heterocycles. The normalized spacial score (nSPS) is 20.8. The number of carbonyl (C=O) groups excluding carboxylic acids is 1. The molecular weight excluding hydrogens is 300 g/mol. The van der Waals surface area contributed by atoms with Crippen molar-refractivity contribution in [2.45, 2.75) is 12.8 Å². The lowest BCUT2D eigenvalue weighted by Gasteiger charge is -2.03. The Morgan fingerprint density at radius 1 is 1.73 bits per heavy atom. The highest BCUT2D eigenvalue weighted by atomic mass is 79.9. The maximum atomic E-state index is 11.8. The summed E-state index contributed by atoms with van der Waals surface area (Å²) in [6, 6.07) is 1.80. The first kappa shape index (κ1) is 11.6. The van der Waals surface area contributed by atoms with Crippen LogP contribution in [0.2, 0.25) is 4.34 Å². The SMILES string of the molecule is O=C(CC1CCOC1)c1cc(Br)c(Cl)s1. The third kappa shape index (κ3) is 2.81. The summed E-state index contributed by atoms with van der Waals surface area (Å²) >= 11 is 10.5. The number of thiophene rings is 1. The van der Waals surface area contributed by atoms with Crippen molar-refractivity contribution in [3.8, 4) is 0 Å². The third-order valence-corrected chi connectivity index (χ3v) is 4.93. The van der Waals surface area contributed by atoms with Gasteiger partial charge in [-0.15, -0.1) is 11.3 Å². The van der Waals surface area contributed by atoms with Gasteiger partial charge in [-0.25, -0.2) is 0 Å². The van der Waals surface area contributed by atoms with Crippen molar-refractivity contribution in [1.29, 1.82) is 0 Å². The van der Waals surface area contributed by atoms with Gasteiger partial charge in [-0.2, -0.15) is 0 Å². The Labute approximate surface area is 106 Å². The van der Waals surface area contributed by atoms with Crippen molar-refractivity contribution in [2.75, 3.05) is 13.2 Å². The largest absolute Gasteiger partial charge is 0.381 e. The Morgan fingerprint density at radius 2 is 2.53 bits per heavy atom. The first-order chi connectivity index (χ1) is 7.16. The van der Waals surface area contributed by atoms with E-state index in [4.69, 9.17) is 16.3 Å². The van der Waals surface area contributed by atoms with Crippen molar-refractivity contribution in [3.63, 3.8) is 0 Å². The highest BCUT2D eigenvalue weighted by Gasteiger charge is 2.21. The van der Waals surface area contributed by atoms with E-state index in [9.17, 15) is 4.79 Å². The van der Waals surface area contributed by atoms with E-state index >= 15 is 0 Å². The Bertz CT molecular complexity index is 352. The average molecular weight is 310 g/mol. The van der Waals surface area contributed by atoms with Gasteiger partial charge in [0.25, 0.3) is 0 Å². The summed E-state index contributed by atoms with van der Waals surface area (Å²) in [5, 5.41) is 0. The minimum Gasteiger partial charge on any atom is -0.381 e. The van der Waals surface area contributed by atoms with Gasteiger partial charge in [0.2, 0.25) is 0 Å². The van der Waals surface area contributed by atoms with Crippen molar-refractivity contribution in [2.24, 2.45) is 5.92 Å². The Hall–Kier alpha value is 0.1000. The lowest BCUT2D eigenvalue weighted by atomic mass is 10.0. The summed E-state index contributed by atoms with van der Waals surface area (Å²) in [7, 11) is 0. The lowest BCUT2D eigenvalue weighted by Crippen LogP contribution is -2.07. The molecule has 0 bridgehead atoms. The lowest BCUT2D eigenvalue weighted by molar-refractivity contribution is 0.0956. The number of rotatable bonds is 3. The summed E-state index contributed by atoms with van der Waals surface area (Å²) < 4.78 is 6.68. The zero-order valence-corrected chi connectivity index (χ0v) is 11.1. The molecule has 0 radical (unpaired) electrons. The van der Waals surface area contributed by atoms with Gasteiger partial charge in [0.15, 0.2) is 5.78 Å². The van der Waals surface area contributed by atoms with E-state index < -0.39 is 0 Å². The second kappa shape index (κ2) is 4.95. The van der Waals surface area contributed by atoms with E-state index in [0.29, 0.717) is 23.3 Å². The van der Waals surface area contributed by atoms with Crippen LogP contribution in [0.25, 0.3) is 0 Å². The summed E-state index contributed by atoms with van der Waals surface area (Å²) in [4.78, 5) is 12.6. The van der Waals surface area contributed by atoms with Crippen molar-refractivity contribution in [3.05, 3.63) is 19.8 Å². The molecule has 1 aliphatic heterocycles. The highest BCUT2D eigenvalue weighted by Crippen LogP contribution is 2.33. The first-order valence-corrected chi connectivity index (χ1v) is 6.71. The van der Waals surface area contributed by atoms with Crippen molar-refractivity contribution >= 4 is 44.7 Å². The van der Waals surface area contributed by atoms with Gasteiger partial charge in [-0.05, 0) is 34.3 Å². The van der Waals surface area contributed by atoms with Gasteiger partial charge in [0.05, 0.1) is 4.88 Å². The number of hydrogen-bond acceptors (Lipinski definition) is 3. The van der Waals surface area contributed by atoms with E-state index in [1.54, 1.807) is 6.07 Å². The van der Waals surface area contributed by atoms with Crippen molar-refractivity contribution < 1.29 is 9.53 Å². The highest BCUT2D eigenvalue weighted by molar-refractivity contribution is 9.10. The fourth-order valence-corrected chi connectivity index (χ4v) is 3.24. The number of ether oxygens (including phenoxy) is 1. The second-order valence-electron chi connectivity index (χ2n) is 3.59. The van der Waals surface area contributed by atoms with Gasteiger partial charge in [0.1, 0.15) is 4.34 Å². The summed E-state index contributed by atoms with van der Waals surface area (Å²) in [6.07, 6.45) is 1.56. The summed E-state index contributed by atoms with van der Waals surface area (Å²) in [5.41, 5.74) is 0. The zero-order valence-electron chi connectivity index (χ0n) is 7.96. The van der Waals surface area contributed by atoms with Crippen LogP contribution in [0.5, 0.6) is 0 Å². The molecule has 0 aromatic carbocycles. The maximum absolute atomic E-state index is 11.8. The van der Waals surface area contributed by atoms with Gasteiger partial charge in [0, 0.05) is 24.1 Å². The molecule has 1 aromatic rings. The molecule has 0 aliphatic carbocycles. The minimum absolute atomic E-state index is 0.170. The molecule has 0 N–H and O–H groups in total. The Balaban J connectivity index is 2.00. The monoisotopic (exact) mass is 308 g/mol. The zero-order chi connectivity index (χ0) is 10.8. The number of halogens is 2. The van der Waals surface area contributed by atoms with E-state index in [2.05, 4.69) is 15.9 Å². The fraction of sp³-hybridized carbons (Fsp3) is 0.500. The second-order valence-corrected chi connectivity index (χ2v) is 6.10. The van der Waals surface area contributed by atoms with Crippen LogP contribution >= 0.6 is 38.9 Å². The number of ketones is 1. The molecule has 1 fully saturated rings. The molecule has 2 rings (SSSR count). The molecule has 0 saturated carbocycles. The van der Waals surface area contributed by atoms with Gasteiger partial charge in [-0.1, -0.05) is 11.6 Å². The van der Waals surface area contributed by atoms with Crippen molar-refractivity contribution in [1.82, 2.24) is 0 Å². The molecule has 2 nitrogen and oxygen atoms in total. The molecule has 1 aromatic heterocycles. The van der Waals surface area contributed by atoms with Crippen LogP contribution < -0.4 is 0 Å². The van der Waals surface area contributed by atoms with Crippen LogP contribution in [0.4, 0.5) is 0 Å². The van der Waals surface area contributed by atoms with Crippen LogP contribution in [-0.2, 0) is 4.74 Å². The molecule has 1 aliphatic rings. The first-order valence-electron chi connectivity index (χ1n) is 4.72. The standard InChI is InChI=1S/C10H10BrClO2S/c11-7-4-9(15-10(7)12)8(13)3-6-1-2-14-5-6/h4,6H,1-3,5H2. The molecular formula is C10H10BrClO2S. The smallest absolute Gasteiger partial charge is 0.173 e. The topological polar surface area (TPSA) is 26.3 Å². The van der Waals surface area contributed by atoms with Crippen LogP contribution in [0.3, 0.4) is 0 Å². The van der Waals surface area contributed by atoms with E-state index in [0.717, 1.165) is 22.4 Å². The predicted octanol–water partition coefficient (Wildman–Crippen LogP) is 3.77. The summed E-state index contributed by atoms with van der Waals surface area (Å²) in [6.45, 7) is 1.50. The molecule has 5 heteroatoms. The van der Waals surface area contributed by atoms with E-state index in [1.165, 1.54) is 11.3 Å². The van der Waals surface area contributed by atoms with Crippen LogP contribution in [0.15, 0.2) is 10.5 Å². The Kier molecular flexibility index (Phi) is 3.83. The van der Waals surface area contributed by atoms with E-state index in [-0.39, 0.29) is 5.78 Å². The molecule has 0 spiro atoms. The molecule has 1 atom stereocenters.